The fourth-order valence-corrected chi connectivity index (χ4v) is 4.06. The predicted octanol–water partition coefficient (Wildman–Crippen LogP) is 3.95. The minimum absolute atomic E-state index is 0.616. The van der Waals surface area contributed by atoms with Crippen molar-refractivity contribution in [2.24, 2.45) is 5.92 Å². The van der Waals surface area contributed by atoms with Gasteiger partial charge in [-0.05, 0) is 81.7 Å². The highest BCUT2D eigenvalue weighted by Gasteiger charge is 2.32. The predicted molar refractivity (Wildman–Crippen MR) is 89.7 cm³/mol. The van der Waals surface area contributed by atoms with Gasteiger partial charge in [-0.1, -0.05) is 31.2 Å². The molecule has 0 spiro atoms. The number of likely N-dealkylation sites (tertiary alicyclic amines) is 1. The van der Waals surface area contributed by atoms with Crippen LogP contribution in [-0.2, 0) is 0 Å². The highest BCUT2D eigenvalue weighted by Crippen LogP contribution is 2.42. The van der Waals surface area contributed by atoms with Crippen LogP contribution in [0.4, 0.5) is 0 Å². The minimum Gasteiger partial charge on any atom is -0.319 e. The molecule has 1 saturated carbocycles. The van der Waals surface area contributed by atoms with Gasteiger partial charge in [0.05, 0.1) is 0 Å². The maximum Gasteiger partial charge on any atom is 0.0388 e. The van der Waals surface area contributed by atoms with Crippen LogP contribution in [-0.4, -0.2) is 31.6 Å². The van der Waals surface area contributed by atoms with E-state index in [0.717, 1.165) is 18.4 Å². The SMILES string of the molecule is CCCN1CCCC(CNC)C1c1cccc(C2CC2)c1. The van der Waals surface area contributed by atoms with Crippen molar-refractivity contribution < 1.29 is 0 Å². The Labute approximate surface area is 129 Å². The van der Waals surface area contributed by atoms with Crippen LogP contribution >= 0.6 is 0 Å². The maximum atomic E-state index is 3.42. The average molecular weight is 286 g/mol. The summed E-state index contributed by atoms with van der Waals surface area (Å²) in [7, 11) is 2.09. The van der Waals surface area contributed by atoms with Crippen molar-refractivity contribution in [2.75, 3.05) is 26.7 Å². The zero-order valence-electron chi connectivity index (χ0n) is 13.6. The van der Waals surface area contributed by atoms with E-state index in [9.17, 15) is 0 Å². The van der Waals surface area contributed by atoms with Gasteiger partial charge in [0.25, 0.3) is 0 Å². The number of nitrogens with one attached hydrogen (secondary N) is 1. The second-order valence-corrected chi connectivity index (χ2v) is 6.89. The standard InChI is InChI=1S/C19H30N2/c1-3-11-21-12-5-8-18(14-20-2)19(21)17-7-4-6-16(13-17)15-9-10-15/h4,6-7,13,15,18-20H,3,5,8-12,14H2,1-2H3. The van der Waals surface area contributed by atoms with Gasteiger partial charge in [0.15, 0.2) is 0 Å². The number of rotatable bonds is 6. The van der Waals surface area contributed by atoms with Crippen molar-refractivity contribution >= 4 is 0 Å². The molecule has 21 heavy (non-hydrogen) atoms. The Bertz CT molecular complexity index is 435. The Hall–Kier alpha value is -0.860. The van der Waals surface area contributed by atoms with Gasteiger partial charge in [0.1, 0.15) is 0 Å². The molecule has 1 aliphatic heterocycles. The second-order valence-electron chi connectivity index (χ2n) is 6.89. The Morgan fingerprint density at radius 1 is 1.19 bits per heavy atom. The highest BCUT2D eigenvalue weighted by molar-refractivity contribution is 5.31. The third-order valence-corrected chi connectivity index (χ3v) is 5.14. The van der Waals surface area contributed by atoms with Gasteiger partial charge in [-0.2, -0.15) is 0 Å². The fraction of sp³-hybridized carbons (Fsp3) is 0.684. The summed E-state index contributed by atoms with van der Waals surface area (Å²) in [5.41, 5.74) is 3.14. The Kier molecular flexibility index (Phi) is 4.97. The summed E-state index contributed by atoms with van der Waals surface area (Å²) >= 11 is 0. The van der Waals surface area contributed by atoms with Crippen molar-refractivity contribution in [1.29, 1.82) is 0 Å². The molecule has 2 unspecified atom stereocenters. The van der Waals surface area contributed by atoms with Gasteiger partial charge in [-0.25, -0.2) is 0 Å². The quantitative estimate of drug-likeness (QED) is 0.852. The van der Waals surface area contributed by atoms with E-state index in [-0.39, 0.29) is 0 Å². The smallest absolute Gasteiger partial charge is 0.0388 e. The van der Waals surface area contributed by atoms with Gasteiger partial charge in [0, 0.05) is 6.04 Å². The summed E-state index contributed by atoms with van der Waals surface area (Å²) in [6, 6.07) is 10.1. The fourth-order valence-electron chi connectivity index (χ4n) is 4.06. The average Bonchev–Trinajstić information content (AvgIpc) is 3.33. The molecule has 1 heterocycles. The normalized spacial score (nSPS) is 27.0. The van der Waals surface area contributed by atoms with Gasteiger partial charge in [-0.15, -0.1) is 0 Å². The first kappa shape index (κ1) is 15.1. The Morgan fingerprint density at radius 2 is 2.00 bits per heavy atom. The lowest BCUT2D eigenvalue weighted by Gasteiger charge is -2.42. The summed E-state index contributed by atoms with van der Waals surface area (Å²) in [6.07, 6.45) is 6.76. The third kappa shape index (κ3) is 3.49. The van der Waals surface area contributed by atoms with E-state index in [0.29, 0.717) is 6.04 Å². The first-order valence-corrected chi connectivity index (χ1v) is 8.82. The molecule has 1 aromatic rings. The van der Waals surface area contributed by atoms with Crippen LogP contribution in [0.2, 0.25) is 0 Å². The topological polar surface area (TPSA) is 15.3 Å². The molecule has 1 saturated heterocycles. The lowest BCUT2D eigenvalue weighted by atomic mass is 9.83. The minimum atomic E-state index is 0.616. The number of benzene rings is 1. The van der Waals surface area contributed by atoms with Gasteiger partial charge in [0.2, 0.25) is 0 Å². The second kappa shape index (κ2) is 6.93. The molecule has 1 aliphatic carbocycles. The largest absolute Gasteiger partial charge is 0.319 e. The van der Waals surface area contributed by atoms with Crippen LogP contribution in [0.1, 0.15) is 62.1 Å². The number of piperidine rings is 1. The van der Waals surface area contributed by atoms with Crippen LogP contribution in [0, 0.1) is 5.92 Å². The van der Waals surface area contributed by atoms with Crippen molar-refractivity contribution in [3.05, 3.63) is 35.4 Å². The van der Waals surface area contributed by atoms with Gasteiger partial charge >= 0.3 is 0 Å². The first-order chi connectivity index (χ1) is 10.3. The summed E-state index contributed by atoms with van der Waals surface area (Å²) < 4.78 is 0. The molecule has 2 nitrogen and oxygen atoms in total. The third-order valence-electron chi connectivity index (χ3n) is 5.14. The molecule has 1 aromatic carbocycles. The molecule has 0 amide bonds. The Morgan fingerprint density at radius 3 is 2.71 bits per heavy atom. The van der Waals surface area contributed by atoms with Gasteiger partial charge < -0.3 is 5.32 Å². The van der Waals surface area contributed by atoms with Crippen molar-refractivity contribution in [3.63, 3.8) is 0 Å². The van der Waals surface area contributed by atoms with E-state index in [1.54, 1.807) is 11.1 Å². The summed E-state index contributed by atoms with van der Waals surface area (Å²) in [5.74, 6) is 1.61. The first-order valence-electron chi connectivity index (χ1n) is 8.82. The van der Waals surface area contributed by atoms with E-state index in [1.165, 1.54) is 45.2 Å². The molecule has 0 aromatic heterocycles. The molecular weight excluding hydrogens is 256 g/mol. The molecule has 0 bridgehead atoms. The molecule has 2 atom stereocenters. The zero-order chi connectivity index (χ0) is 14.7. The molecule has 1 N–H and O–H groups in total. The van der Waals surface area contributed by atoms with Gasteiger partial charge in [-0.3, -0.25) is 4.90 Å². The summed E-state index contributed by atoms with van der Waals surface area (Å²) in [6.45, 7) is 5.95. The monoisotopic (exact) mass is 286 g/mol. The van der Waals surface area contributed by atoms with Crippen LogP contribution in [0.15, 0.2) is 24.3 Å². The lowest BCUT2D eigenvalue weighted by Crippen LogP contribution is -2.42. The van der Waals surface area contributed by atoms with Crippen molar-refractivity contribution in [3.8, 4) is 0 Å². The van der Waals surface area contributed by atoms with E-state index < -0.39 is 0 Å². The molecule has 2 heteroatoms. The highest BCUT2D eigenvalue weighted by atomic mass is 15.2. The van der Waals surface area contributed by atoms with E-state index in [2.05, 4.69) is 48.5 Å². The summed E-state index contributed by atoms with van der Waals surface area (Å²) in [5, 5.41) is 3.42. The molecule has 3 rings (SSSR count). The van der Waals surface area contributed by atoms with Crippen LogP contribution in [0.3, 0.4) is 0 Å². The van der Waals surface area contributed by atoms with E-state index in [1.807, 2.05) is 0 Å². The molecule has 116 valence electrons. The van der Waals surface area contributed by atoms with Crippen molar-refractivity contribution in [1.82, 2.24) is 10.2 Å². The lowest BCUT2D eigenvalue weighted by molar-refractivity contribution is 0.0924. The molecule has 2 fully saturated rings. The van der Waals surface area contributed by atoms with E-state index >= 15 is 0 Å². The number of nitrogens with zero attached hydrogens (tertiary/aromatic N) is 1. The van der Waals surface area contributed by atoms with Crippen LogP contribution in [0.5, 0.6) is 0 Å². The number of hydrogen-bond donors (Lipinski definition) is 1. The van der Waals surface area contributed by atoms with E-state index in [4.69, 9.17) is 0 Å². The number of hydrogen-bond acceptors (Lipinski definition) is 2. The maximum absolute atomic E-state index is 3.42. The zero-order valence-corrected chi connectivity index (χ0v) is 13.6. The molecular formula is C19H30N2. The summed E-state index contributed by atoms with van der Waals surface area (Å²) in [4.78, 5) is 2.73. The molecule has 0 radical (unpaired) electrons. The van der Waals surface area contributed by atoms with Crippen LogP contribution in [0.25, 0.3) is 0 Å². The van der Waals surface area contributed by atoms with Crippen LogP contribution < -0.4 is 5.32 Å². The molecule has 2 aliphatic rings. The Balaban J connectivity index is 1.86. The van der Waals surface area contributed by atoms with Crippen molar-refractivity contribution in [2.45, 2.75) is 51.0 Å².